The summed E-state index contributed by atoms with van der Waals surface area (Å²) in [6, 6.07) is 12.1. The predicted molar refractivity (Wildman–Crippen MR) is 118 cm³/mol. The van der Waals surface area contributed by atoms with E-state index in [1.54, 1.807) is 6.07 Å². The van der Waals surface area contributed by atoms with Crippen LogP contribution in [0.25, 0.3) is 0 Å². The van der Waals surface area contributed by atoms with E-state index in [1.807, 2.05) is 25.1 Å². The van der Waals surface area contributed by atoms with Crippen LogP contribution in [0.5, 0.6) is 0 Å². The third-order valence-electron chi connectivity index (χ3n) is 6.89. The molecule has 0 bridgehead atoms. The molecular weight excluding hydrogens is 439 g/mol. The Morgan fingerprint density at radius 2 is 1.91 bits per heavy atom. The molecule has 7 heteroatoms. The van der Waals surface area contributed by atoms with Crippen LogP contribution in [0.2, 0.25) is 5.02 Å². The topological polar surface area (TPSA) is 38.3 Å². The highest BCUT2D eigenvalue weighted by molar-refractivity contribution is 6.30. The highest BCUT2D eigenvalue weighted by Gasteiger charge is 2.49. The number of alkyl halides is 3. The van der Waals surface area contributed by atoms with Crippen LogP contribution in [0.4, 0.5) is 13.2 Å². The average molecular weight is 466 g/mol. The van der Waals surface area contributed by atoms with Crippen LogP contribution in [-0.4, -0.2) is 17.6 Å². The fourth-order valence-electron chi connectivity index (χ4n) is 5.22. The van der Waals surface area contributed by atoms with Gasteiger partial charge in [0.15, 0.2) is 0 Å². The van der Waals surface area contributed by atoms with Crippen LogP contribution in [0.15, 0.2) is 48.5 Å². The van der Waals surface area contributed by atoms with Crippen molar-refractivity contribution in [3.05, 3.63) is 70.2 Å². The van der Waals surface area contributed by atoms with Crippen LogP contribution < -0.4 is 5.32 Å². The number of amides is 1. The van der Waals surface area contributed by atoms with Crippen LogP contribution in [0.3, 0.4) is 0 Å². The van der Waals surface area contributed by atoms with Crippen molar-refractivity contribution < 1.29 is 22.7 Å². The Morgan fingerprint density at radius 3 is 2.62 bits per heavy atom. The van der Waals surface area contributed by atoms with Gasteiger partial charge >= 0.3 is 6.18 Å². The van der Waals surface area contributed by atoms with Gasteiger partial charge in [-0.05, 0) is 61.6 Å². The summed E-state index contributed by atoms with van der Waals surface area (Å²) >= 11 is 6.19. The third kappa shape index (κ3) is 4.81. The Labute approximate surface area is 191 Å². The number of benzene rings is 2. The normalized spacial score (nSPS) is 30.4. The maximum Gasteiger partial charge on any atom is 0.416 e. The Morgan fingerprint density at radius 1 is 1.16 bits per heavy atom. The van der Waals surface area contributed by atoms with E-state index in [4.69, 9.17) is 16.3 Å². The Bertz CT molecular complexity index is 995. The van der Waals surface area contributed by atoms with Gasteiger partial charge in [0.25, 0.3) is 5.91 Å². The summed E-state index contributed by atoms with van der Waals surface area (Å²) in [6.07, 6.45) is -1.46. The highest BCUT2D eigenvalue weighted by Crippen LogP contribution is 2.48. The number of nitrogens with one attached hydrogen (secondary N) is 1. The molecule has 1 amide bonds. The van der Waals surface area contributed by atoms with E-state index in [9.17, 15) is 18.0 Å². The molecule has 1 heterocycles. The summed E-state index contributed by atoms with van der Waals surface area (Å²) in [5.74, 6) is 0.101. The van der Waals surface area contributed by atoms with E-state index in [2.05, 4.69) is 12.2 Å². The molecule has 5 atom stereocenters. The lowest BCUT2D eigenvalue weighted by Gasteiger charge is -2.52. The highest BCUT2D eigenvalue weighted by atomic mass is 35.5. The lowest BCUT2D eigenvalue weighted by Crippen LogP contribution is -2.60. The number of hydrogen-bond donors (Lipinski definition) is 1. The molecule has 1 saturated carbocycles. The van der Waals surface area contributed by atoms with Gasteiger partial charge in [-0.15, -0.1) is 0 Å². The summed E-state index contributed by atoms with van der Waals surface area (Å²) in [4.78, 5) is 13.1. The van der Waals surface area contributed by atoms with Crippen molar-refractivity contribution in [2.24, 2.45) is 11.8 Å². The Hall–Kier alpha value is -2.05. The average Bonchev–Trinajstić information content (AvgIpc) is 2.72. The second-order valence-electron chi connectivity index (χ2n) is 9.40. The summed E-state index contributed by atoms with van der Waals surface area (Å²) in [6.45, 7) is 4.19. The molecule has 2 aromatic carbocycles. The molecule has 0 radical (unpaired) electrons. The van der Waals surface area contributed by atoms with Crippen LogP contribution in [0, 0.1) is 11.8 Å². The van der Waals surface area contributed by atoms with Crippen molar-refractivity contribution in [2.75, 3.05) is 0 Å². The number of ether oxygens (including phenoxy) is 1. The number of fused-ring (bicyclic) bond motifs is 1. The van der Waals surface area contributed by atoms with Crippen molar-refractivity contribution >= 4 is 17.5 Å². The Balaban J connectivity index is 1.63. The second-order valence-corrected chi connectivity index (χ2v) is 9.83. The first-order chi connectivity index (χ1) is 15.0. The van der Waals surface area contributed by atoms with E-state index >= 15 is 0 Å². The summed E-state index contributed by atoms with van der Waals surface area (Å²) < 4.78 is 45.9. The number of halogens is 4. The standard InChI is InChI=1S/C25H27ClF3NO2/c1-15-9-10-20-21(11-15)32-22(16-5-4-8-19(26)13-16)14-24(20,2)30-23(31)17-6-3-7-18(12-17)25(27,28)29/h3-8,12-13,15,20-22H,9-11,14H2,1-2H3,(H,30,31)/t15-,20-,21-,22-,24-/m0/s1. The minimum absolute atomic E-state index is 0.00701. The zero-order chi connectivity index (χ0) is 23.1. The molecule has 0 aromatic heterocycles. The molecule has 1 saturated heterocycles. The molecule has 2 aliphatic rings. The third-order valence-corrected chi connectivity index (χ3v) is 7.13. The zero-order valence-corrected chi connectivity index (χ0v) is 18.8. The van der Waals surface area contributed by atoms with Gasteiger partial charge in [-0.1, -0.05) is 43.1 Å². The maximum atomic E-state index is 13.1. The first-order valence-electron chi connectivity index (χ1n) is 11.0. The summed E-state index contributed by atoms with van der Waals surface area (Å²) in [5.41, 5.74) is -0.508. The van der Waals surface area contributed by atoms with Gasteiger partial charge in [-0.3, -0.25) is 4.79 Å². The predicted octanol–water partition coefficient (Wildman–Crippen LogP) is 6.81. The molecule has 4 rings (SSSR count). The first-order valence-corrected chi connectivity index (χ1v) is 11.3. The molecule has 0 spiro atoms. The van der Waals surface area contributed by atoms with Crippen molar-refractivity contribution in [2.45, 2.75) is 63.5 Å². The van der Waals surface area contributed by atoms with Crippen molar-refractivity contribution in [3.8, 4) is 0 Å². The van der Waals surface area contributed by atoms with E-state index in [0.29, 0.717) is 17.4 Å². The first kappa shape index (κ1) is 23.1. The molecule has 1 aliphatic heterocycles. The molecule has 2 fully saturated rings. The molecule has 172 valence electrons. The molecular formula is C25H27ClF3NO2. The lowest BCUT2D eigenvalue weighted by molar-refractivity contribution is -0.144. The van der Waals surface area contributed by atoms with Crippen LogP contribution in [-0.2, 0) is 10.9 Å². The molecule has 1 aliphatic carbocycles. The number of rotatable bonds is 3. The molecule has 2 aromatic rings. The second kappa shape index (κ2) is 8.71. The van der Waals surface area contributed by atoms with Gasteiger partial charge in [0.2, 0.25) is 0 Å². The number of carbonyl (C=O) groups excluding carboxylic acids is 1. The van der Waals surface area contributed by atoms with Crippen molar-refractivity contribution in [1.82, 2.24) is 5.32 Å². The van der Waals surface area contributed by atoms with Crippen LogP contribution >= 0.6 is 11.6 Å². The monoisotopic (exact) mass is 465 g/mol. The molecule has 3 nitrogen and oxygen atoms in total. The van der Waals surface area contributed by atoms with Crippen molar-refractivity contribution in [3.63, 3.8) is 0 Å². The van der Waals surface area contributed by atoms with E-state index in [1.165, 1.54) is 12.1 Å². The molecule has 0 unspecified atom stereocenters. The van der Waals surface area contributed by atoms with Gasteiger partial charge < -0.3 is 10.1 Å². The summed E-state index contributed by atoms with van der Waals surface area (Å²) in [7, 11) is 0. The number of hydrogen-bond acceptors (Lipinski definition) is 2. The van der Waals surface area contributed by atoms with Gasteiger partial charge in [0.05, 0.1) is 17.8 Å². The quantitative estimate of drug-likeness (QED) is 0.540. The fourth-order valence-corrected chi connectivity index (χ4v) is 5.42. The fraction of sp³-hybridized carbons (Fsp3) is 0.480. The smallest absolute Gasteiger partial charge is 0.370 e. The SMILES string of the molecule is C[C@H]1CC[C@H]2[C@H](C1)O[C@H](c1cccc(Cl)c1)C[C@]2(C)NC(=O)c1cccc(C(F)(F)F)c1. The zero-order valence-electron chi connectivity index (χ0n) is 18.1. The number of carbonyl (C=O) groups is 1. The van der Waals surface area contributed by atoms with Gasteiger partial charge in [0.1, 0.15) is 0 Å². The van der Waals surface area contributed by atoms with E-state index in [-0.39, 0.29) is 23.7 Å². The minimum Gasteiger partial charge on any atom is -0.370 e. The van der Waals surface area contributed by atoms with Gasteiger partial charge in [-0.25, -0.2) is 0 Å². The van der Waals surface area contributed by atoms with Crippen LogP contribution in [0.1, 0.15) is 67.1 Å². The summed E-state index contributed by atoms with van der Waals surface area (Å²) in [5, 5.41) is 3.71. The largest absolute Gasteiger partial charge is 0.416 e. The van der Waals surface area contributed by atoms with E-state index < -0.39 is 23.2 Å². The van der Waals surface area contributed by atoms with Gasteiger partial charge in [-0.2, -0.15) is 13.2 Å². The Kier molecular flexibility index (Phi) is 6.29. The lowest BCUT2D eigenvalue weighted by atomic mass is 9.66. The molecule has 32 heavy (non-hydrogen) atoms. The minimum atomic E-state index is -4.50. The molecule has 1 N–H and O–H groups in total. The maximum absolute atomic E-state index is 13.1. The van der Waals surface area contributed by atoms with E-state index in [0.717, 1.165) is 37.0 Å². The van der Waals surface area contributed by atoms with Gasteiger partial charge in [0, 0.05) is 28.5 Å². The van der Waals surface area contributed by atoms with Crippen molar-refractivity contribution in [1.29, 1.82) is 0 Å².